The number of H-pyrrole nitrogens is 1. The number of aromatic amines is 1. The summed E-state index contributed by atoms with van der Waals surface area (Å²) in [6.07, 6.45) is 0.413. The van der Waals surface area contributed by atoms with Gasteiger partial charge in [-0.3, -0.25) is 0 Å². The molecule has 2 aromatic carbocycles. The molecule has 0 saturated heterocycles. The van der Waals surface area contributed by atoms with E-state index in [1.165, 1.54) is 0 Å². The number of esters is 1. The molecule has 0 radical (unpaired) electrons. The third kappa shape index (κ3) is 3.09. The first kappa shape index (κ1) is 20.8. The molecule has 9 heteroatoms. The average Bonchev–Trinajstić information content (AvgIpc) is 3.09. The number of aromatic nitrogens is 1. The molecule has 30 heavy (non-hydrogen) atoms. The van der Waals surface area contributed by atoms with Crippen molar-refractivity contribution >= 4 is 38.3 Å². The minimum Gasteiger partial charge on any atom is -0.466 e. The summed E-state index contributed by atoms with van der Waals surface area (Å²) in [7, 11) is -3.96. The predicted molar refractivity (Wildman–Crippen MR) is 108 cm³/mol. The number of nitrogens with one attached hydrogen (secondary N) is 1. The largest absolute Gasteiger partial charge is 0.466 e. The maximum Gasteiger partial charge on any atom is 0.360 e. The van der Waals surface area contributed by atoms with E-state index in [1.807, 2.05) is 0 Å². The molecule has 0 aliphatic heterocycles. The van der Waals surface area contributed by atoms with Crippen molar-refractivity contribution in [2.75, 3.05) is 7.11 Å². The number of benzene rings is 2. The van der Waals surface area contributed by atoms with Gasteiger partial charge in [-0.25, -0.2) is 22.0 Å². The van der Waals surface area contributed by atoms with Gasteiger partial charge in [-0.15, -0.1) is 0 Å². The molecule has 1 aromatic heterocycles. The van der Waals surface area contributed by atoms with Crippen LogP contribution in [0.5, 0.6) is 0 Å². The molecule has 0 bridgehead atoms. The summed E-state index contributed by atoms with van der Waals surface area (Å²) in [5.74, 6) is -3.57. The van der Waals surface area contributed by atoms with Crippen LogP contribution in [0.1, 0.15) is 17.7 Å². The fourth-order valence-corrected chi connectivity index (χ4v) is 6.14. The van der Waals surface area contributed by atoms with E-state index < -0.39 is 37.4 Å². The number of fused-ring (bicyclic) bond motifs is 3. The second-order valence-electron chi connectivity index (χ2n) is 7.31. The Hall–Kier alpha value is -2.45. The molecule has 1 heterocycles. The first-order valence-electron chi connectivity index (χ1n) is 9.25. The lowest BCUT2D eigenvalue weighted by Gasteiger charge is -2.33. The van der Waals surface area contributed by atoms with Crippen LogP contribution >= 0.6 is 11.6 Å². The number of ether oxygens (including phenoxy) is 1. The van der Waals surface area contributed by atoms with Crippen molar-refractivity contribution < 1.29 is 26.7 Å². The number of carbonyl (C=O) groups is 1. The lowest BCUT2D eigenvalue weighted by molar-refractivity contribution is -0.152. The van der Waals surface area contributed by atoms with Gasteiger partial charge in [0.05, 0.1) is 12.0 Å². The number of hydrogen-bond acceptors (Lipinski definition) is 4. The molecule has 0 fully saturated rings. The van der Waals surface area contributed by atoms with Crippen LogP contribution in [-0.2, 0) is 32.2 Å². The van der Waals surface area contributed by atoms with Gasteiger partial charge >= 0.3 is 11.0 Å². The van der Waals surface area contributed by atoms with Crippen molar-refractivity contribution in [3.05, 3.63) is 64.6 Å². The van der Waals surface area contributed by atoms with E-state index in [2.05, 4.69) is 9.72 Å². The topological polar surface area (TPSA) is 76.2 Å². The molecule has 2 atom stereocenters. The third-order valence-corrected chi connectivity index (χ3v) is 8.03. The Kier molecular flexibility index (Phi) is 5.10. The molecule has 0 saturated carbocycles. The highest BCUT2D eigenvalue weighted by molar-refractivity contribution is 7.93. The molecule has 5 nitrogen and oxygen atoms in total. The molecule has 1 N–H and O–H groups in total. The maximum absolute atomic E-state index is 16.3. The predicted octanol–water partition coefficient (Wildman–Crippen LogP) is 4.38. The van der Waals surface area contributed by atoms with E-state index in [-0.39, 0.29) is 12.8 Å². The molecular formula is C21H18ClF2NO4S. The third-order valence-electron chi connectivity index (χ3n) is 5.64. The zero-order valence-electron chi connectivity index (χ0n) is 15.9. The molecule has 3 aromatic rings. The fraction of sp³-hybridized carbons (Fsp3) is 0.286. The summed E-state index contributed by atoms with van der Waals surface area (Å²) in [6, 6.07) is 9.25. The lowest BCUT2D eigenvalue weighted by Crippen LogP contribution is -2.51. The van der Waals surface area contributed by atoms with Crippen LogP contribution in [0.3, 0.4) is 0 Å². The van der Waals surface area contributed by atoms with Gasteiger partial charge in [0, 0.05) is 27.5 Å². The first-order valence-corrected chi connectivity index (χ1v) is 11.1. The summed E-state index contributed by atoms with van der Waals surface area (Å²) in [4.78, 5) is 15.0. The normalized spacial score (nSPS) is 18.6. The van der Waals surface area contributed by atoms with Gasteiger partial charge in [-0.2, -0.15) is 0 Å². The highest BCUT2D eigenvalue weighted by atomic mass is 35.5. The fourth-order valence-electron chi connectivity index (χ4n) is 4.16. The highest BCUT2D eigenvalue weighted by Crippen LogP contribution is 2.43. The van der Waals surface area contributed by atoms with Gasteiger partial charge in [-0.1, -0.05) is 17.7 Å². The molecule has 1 aliphatic rings. The van der Waals surface area contributed by atoms with Crippen molar-refractivity contribution in [3.63, 3.8) is 0 Å². The summed E-state index contributed by atoms with van der Waals surface area (Å²) >= 11 is 6.08. The smallest absolute Gasteiger partial charge is 0.360 e. The van der Waals surface area contributed by atoms with Crippen LogP contribution in [0.25, 0.3) is 10.9 Å². The Balaban J connectivity index is 1.80. The van der Waals surface area contributed by atoms with E-state index >= 15 is 4.39 Å². The lowest BCUT2D eigenvalue weighted by atomic mass is 9.83. The molecule has 4 rings (SSSR count). The molecule has 2 unspecified atom stereocenters. The van der Waals surface area contributed by atoms with Crippen LogP contribution in [0.4, 0.5) is 8.78 Å². The SMILES string of the molecule is COC(=O)C(F)(C1CCc2c([nH]c3ccc(Cl)cc23)C1)S(=O)(=O)c1cccc(F)c1. The summed E-state index contributed by atoms with van der Waals surface area (Å²) in [6.45, 7) is 0. The van der Waals surface area contributed by atoms with Crippen molar-refractivity contribution in [2.45, 2.75) is 29.2 Å². The number of hydrogen-bond donors (Lipinski definition) is 1. The molecular weight excluding hydrogens is 436 g/mol. The minimum absolute atomic E-state index is 0.0260. The zero-order valence-corrected chi connectivity index (χ0v) is 17.5. The Morgan fingerprint density at radius 1 is 1.27 bits per heavy atom. The van der Waals surface area contributed by atoms with Gasteiger partial charge < -0.3 is 9.72 Å². The summed E-state index contributed by atoms with van der Waals surface area (Å²) in [5, 5.41) is -1.93. The number of alkyl halides is 1. The summed E-state index contributed by atoms with van der Waals surface area (Å²) < 4.78 is 60.8. The van der Waals surface area contributed by atoms with E-state index in [0.29, 0.717) is 23.2 Å². The van der Waals surface area contributed by atoms with Crippen molar-refractivity contribution in [1.82, 2.24) is 4.98 Å². The Morgan fingerprint density at radius 2 is 2.03 bits per heavy atom. The molecule has 0 spiro atoms. The number of methoxy groups -OCH3 is 1. The second-order valence-corrected chi connectivity index (χ2v) is 9.82. The summed E-state index contributed by atoms with van der Waals surface area (Å²) in [5.41, 5.74) is 2.35. The standard InChI is InChI=1S/C21H18ClF2NO4S/c1-29-20(26)21(24,30(27,28)15-4-2-3-14(23)11-15)12-5-7-16-17-10-13(22)6-8-18(17)25-19(16)9-12/h2-4,6,8,10-12,25H,5,7,9H2,1H3. The number of halogens is 3. The van der Waals surface area contributed by atoms with Crippen LogP contribution in [0, 0.1) is 11.7 Å². The van der Waals surface area contributed by atoms with E-state index in [4.69, 9.17) is 11.6 Å². The van der Waals surface area contributed by atoms with Crippen LogP contribution in [0.15, 0.2) is 47.4 Å². The van der Waals surface area contributed by atoms with E-state index in [9.17, 15) is 17.6 Å². The van der Waals surface area contributed by atoms with Gasteiger partial charge in [0.2, 0.25) is 9.84 Å². The molecule has 1 aliphatic carbocycles. The van der Waals surface area contributed by atoms with Gasteiger partial charge in [0.1, 0.15) is 5.82 Å². The Labute approximate surface area is 176 Å². The quantitative estimate of drug-likeness (QED) is 0.595. The number of sulfone groups is 1. The molecule has 0 amide bonds. The second kappa shape index (κ2) is 7.35. The van der Waals surface area contributed by atoms with Crippen LogP contribution in [0.2, 0.25) is 5.02 Å². The first-order chi connectivity index (χ1) is 14.2. The van der Waals surface area contributed by atoms with Crippen LogP contribution < -0.4 is 0 Å². The van der Waals surface area contributed by atoms with Gasteiger partial charge in [0.25, 0.3) is 0 Å². The Bertz CT molecular complexity index is 1260. The number of aryl methyl sites for hydroxylation is 1. The van der Waals surface area contributed by atoms with Crippen molar-refractivity contribution in [1.29, 1.82) is 0 Å². The zero-order chi connectivity index (χ0) is 21.7. The van der Waals surface area contributed by atoms with Crippen LogP contribution in [-0.4, -0.2) is 31.5 Å². The highest BCUT2D eigenvalue weighted by Gasteiger charge is 2.59. The van der Waals surface area contributed by atoms with E-state index in [1.54, 1.807) is 18.2 Å². The average molecular weight is 454 g/mol. The van der Waals surface area contributed by atoms with Gasteiger partial charge in [-0.05, 0) is 61.2 Å². The maximum atomic E-state index is 16.3. The monoisotopic (exact) mass is 453 g/mol. The van der Waals surface area contributed by atoms with Gasteiger partial charge in [0.15, 0.2) is 0 Å². The van der Waals surface area contributed by atoms with Crippen molar-refractivity contribution in [2.24, 2.45) is 5.92 Å². The number of rotatable bonds is 4. The Morgan fingerprint density at radius 3 is 2.73 bits per heavy atom. The van der Waals surface area contributed by atoms with Crippen molar-refractivity contribution in [3.8, 4) is 0 Å². The van der Waals surface area contributed by atoms with E-state index in [0.717, 1.165) is 41.8 Å². The molecule has 158 valence electrons. The number of carbonyl (C=O) groups excluding carboxylic acids is 1. The minimum atomic E-state index is -4.89.